The number of carbonyl (C=O) groups excluding carboxylic acids is 1. The summed E-state index contributed by atoms with van der Waals surface area (Å²) in [4.78, 5) is 18.1. The van der Waals surface area contributed by atoms with Crippen molar-refractivity contribution in [3.05, 3.63) is 83.9 Å². The van der Waals surface area contributed by atoms with Crippen LogP contribution in [0.3, 0.4) is 0 Å². The maximum Gasteiger partial charge on any atom is 0.261 e. The van der Waals surface area contributed by atoms with E-state index in [0.717, 1.165) is 11.6 Å². The first-order valence-electron chi connectivity index (χ1n) is 8.57. The number of sulfonamides is 1. The maximum atomic E-state index is 13.4. The molecular weight excluding hydrogens is 381 g/mol. The number of rotatable bonds is 4. The molecule has 0 atom stereocenters. The first kappa shape index (κ1) is 18.1. The van der Waals surface area contributed by atoms with E-state index in [0.29, 0.717) is 29.9 Å². The van der Waals surface area contributed by atoms with Crippen molar-refractivity contribution in [2.24, 2.45) is 0 Å². The van der Waals surface area contributed by atoms with Crippen LogP contribution in [0.5, 0.6) is 0 Å². The zero-order chi connectivity index (χ0) is 19.7. The first-order chi connectivity index (χ1) is 13.4. The van der Waals surface area contributed by atoms with Gasteiger partial charge in [-0.05, 0) is 54.4 Å². The number of halogens is 1. The van der Waals surface area contributed by atoms with Gasteiger partial charge in [0, 0.05) is 30.2 Å². The fraction of sp³-hybridized carbons (Fsp3) is 0.100. The van der Waals surface area contributed by atoms with Crippen molar-refractivity contribution < 1.29 is 17.6 Å². The van der Waals surface area contributed by atoms with Crippen LogP contribution >= 0.6 is 0 Å². The molecule has 0 aliphatic carbocycles. The van der Waals surface area contributed by atoms with Gasteiger partial charge in [0.15, 0.2) is 0 Å². The number of pyridine rings is 1. The largest absolute Gasteiger partial charge is 0.308 e. The summed E-state index contributed by atoms with van der Waals surface area (Å²) in [6.45, 7) is 0.511. The maximum absolute atomic E-state index is 13.4. The molecule has 8 heteroatoms. The quantitative estimate of drug-likeness (QED) is 0.733. The summed E-state index contributed by atoms with van der Waals surface area (Å²) in [7, 11) is -3.94. The number of aromatic nitrogens is 1. The molecule has 28 heavy (non-hydrogen) atoms. The van der Waals surface area contributed by atoms with Crippen LogP contribution in [0.15, 0.2) is 71.9 Å². The second-order valence-corrected chi connectivity index (χ2v) is 8.03. The van der Waals surface area contributed by atoms with Gasteiger partial charge in [-0.2, -0.15) is 0 Å². The molecule has 1 aromatic heterocycles. The highest BCUT2D eigenvalue weighted by molar-refractivity contribution is 7.92. The molecule has 0 saturated heterocycles. The van der Waals surface area contributed by atoms with E-state index in [4.69, 9.17) is 0 Å². The van der Waals surface area contributed by atoms with Crippen molar-refractivity contribution in [3.63, 3.8) is 0 Å². The van der Waals surface area contributed by atoms with Gasteiger partial charge in [-0.15, -0.1) is 0 Å². The van der Waals surface area contributed by atoms with Crippen LogP contribution in [0.25, 0.3) is 0 Å². The van der Waals surface area contributed by atoms with E-state index in [-0.39, 0.29) is 10.8 Å². The summed E-state index contributed by atoms with van der Waals surface area (Å²) in [5.41, 5.74) is 2.42. The number of nitrogens with one attached hydrogen (secondary N) is 1. The van der Waals surface area contributed by atoms with Crippen LogP contribution in [-0.2, 0) is 16.4 Å². The number of amides is 1. The average molecular weight is 397 g/mol. The van der Waals surface area contributed by atoms with Gasteiger partial charge in [-0.3, -0.25) is 14.5 Å². The Morgan fingerprint density at radius 3 is 2.61 bits per heavy atom. The van der Waals surface area contributed by atoms with Gasteiger partial charge in [0.05, 0.1) is 10.6 Å². The standard InChI is InChI=1S/C20H16FN3O3S/c21-16-2-1-3-18(12-16)28(26,27)23-17-5-4-14-8-11-24(19(14)13-17)20(25)15-6-9-22-10-7-15/h1-7,9-10,12-13,23H,8,11H2. The van der Waals surface area contributed by atoms with E-state index in [9.17, 15) is 17.6 Å². The normalized spacial score (nSPS) is 13.2. The molecule has 1 aliphatic rings. The van der Waals surface area contributed by atoms with Crippen molar-refractivity contribution in [1.29, 1.82) is 0 Å². The number of benzene rings is 2. The third kappa shape index (κ3) is 3.46. The van der Waals surface area contributed by atoms with Crippen molar-refractivity contribution in [3.8, 4) is 0 Å². The molecule has 2 aromatic carbocycles. The molecule has 0 bridgehead atoms. The minimum atomic E-state index is -3.94. The van der Waals surface area contributed by atoms with Crippen LogP contribution in [0, 0.1) is 5.82 Å². The van der Waals surface area contributed by atoms with E-state index in [2.05, 4.69) is 9.71 Å². The van der Waals surface area contributed by atoms with Gasteiger partial charge >= 0.3 is 0 Å². The van der Waals surface area contributed by atoms with Crippen molar-refractivity contribution in [2.75, 3.05) is 16.2 Å². The summed E-state index contributed by atoms with van der Waals surface area (Å²) >= 11 is 0. The average Bonchev–Trinajstić information content (AvgIpc) is 3.11. The molecule has 6 nitrogen and oxygen atoms in total. The first-order valence-corrected chi connectivity index (χ1v) is 10.1. The molecule has 0 radical (unpaired) electrons. The summed E-state index contributed by atoms with van der Waals surface area (Å²) < 4.78 is 40.9. The lowest BCUT2D eigenvalue weighted by atomic mass is 10.1. The number of fused-ring (bicyclic) bond motifs is 1. The Kier molecular flexibility index (Phi) is 4.56. The molecule has 0 unspecified atom stereocenters. The van der Waals surface area contributed by atoms with Gasteiger partial charge in [-0.25, -0.2) is 12.8 Å². The second-order valence-electron chi connectivity index (χ2n) is 6.35. The molecule has 3 aromatic rings. The van der Waals surface area contributed by atoms with Crippen molar-refractivity contribution >= 4 is 27.3 Å². The Morgan fingerprint density at radius 2 is 1.86 bits per heavy atom. The molecule has 0 fully saturated rings. The van der Waals surface area contributed by atoms with Gasteiger partial charge in [0.25, 0.3) is 15.9 Å². The lowest BCUT2D eigenvalue weighted by molar-refractivity contribution is 0.0989. The van der Waals surface area contributed by atoms with E-state index >= 15 is 0 Å². The fourth-order valence-corrected chi connectivity index (χ4v) is 4.23. The van der Waals surface area contributed by atoms with E-state index < -0.39 is 15.8 Å². The summed E-state index contributed by atoms with van der Waals surface area (Å²) in [6.07, 6.45) is 3.78. The van der Waals surface area contributed by atoms with Crippen molar-refractivity contribution in [2.45, 2.75) is 11.3 Å². The number of carbonyl (C=O) groups is 1. The number of hydrogen-bond donors (Lipinski definition) is 1. The molecule has 0 spiro atoms. The number of anilines is 2. The summed E-state index contributed by atoms with van der Waals surface area (Å²) in [5, 5.41) is 0. The highest BCUT2D eigenvalue weighted by Crippen LogP contribution is 2.32. The molecule has 4 rings (SSSR count). The van der Waals surface area contributed by atoms with Crippen LogP contribution in [-0.4, -0.2) is 25.9 Å². The molecule has 1 aliphatic heterocycles. The number of hydrogen-bond acceptors (Lipinski definition) is 4. The van der Waals surface area contributed by atoms with Crippen LogP contribution < -0.4 is 9.62 Å². The summed E-state index contributed by atoms with van der Waals surface area (Å²) in [5.74, 6) is -0.808. The lowest BCUT2D eigenvalue weighted by Crippen LogP contribution is -2.28. The van der Waals surface area contributed by atoms with E-state index in [1.165, 1.54) is 18.2 Å². The Hall–Kier alpha value is -3.26. The van der Waals surface area contributed by atoms with Crippen LogP contribution in [0.1, 0.15) is 15.9 Å². The highest BCUT2D eigenvalue weighted by atomic mass is 32.2. The second kappa shape index (κ2) is 7.05. The molecule has 2 heterocycles. The smallest absolute Gasteiger partial charge is 0.261 e. The fourth-order valence-electron chi connectivity index (χ4n) is 3.15. The lowest BCUT2D eigenvalue weighted by Gasteiger charge is -2.18. The topological polar surface area (TPSA) is 79.4 Å². The molecule has 142 valence electrons. The molecular formula is C20H16FN3O3S. The third-order valence-corrected chi connectivity index (χ3v) is 5.89. The van der Waals surface area contributed by atoms with Gasteiger partial charge in [0.1, 0.15) is 5.82 Å². The van der Waals surface area contributed by atoms with E-state index in [1.807, 2.05) is 0 Å². The summed E-state index contributed by atoms with van der Waals surface area (Å²) in [6, 6.07) is 13.1. The minimum Gasteiger partial charge on any atom is -0.308 e. The Balaban J connectivity index is 1.63. The van der Waals surface area contributed by atoms with Gasteiger partial charge < -0.3 is 4.90 Å². The van der Waals surface area contributed by atoms with Crippen molar-refractivity contribution in [1.82, 2.24) is 4.98 Å². The van der Waals surface area contributed by atoms with E-state index in [1.54, 1.807) is 47.6 Å². The Labute approximate surface area is 161 Å². The molecule has 1 N–H and O–H groups in total. The Morgan fingerprint density at radius 1 is 1.07 bits per heavy atom. The third-order valence-electron chi connectivity index (χ3n) is 4.51. The zero-order valence-electron chi connectivity index (χ0n) is 14.7. The molecule has 0 saturated carbocycles. The van der Waals surface area contributed by atoms with Gasteiger partial charge in [0.2, 0.25) is 0 Å². The Bertz CT molecular complexity index is 1150. The predicted octanol–water partition coefficient (Wildman–Crippen LogP) is 3.22. The predicted molar refractivity (Wildman–Crippen MR) is 103 cm³/mol. The SMILES string of the molecule is O=C(c1ccncc1)N1CCc2ccc(NS(=O)(=O)c3cccc(F)c3)cc21. The van der Waals surface area contributed by atoms with Crippen LogP contribution in [0.2, 0.25) is 0 Å². The number of nitrogens with zero attached hydrogens (tertiary/aromatic N) is 2. The highest BCUT2D eigenvalue weighted by Gasteiger charge is 2.26. The molecule has 1 amide bonds. The van der Waals surface area contributed by atoms with Crippen LogP contribution in [0.4, 0.5) is 15.8 Å². The zero-order valence-corrected chi connectivity index (χ0v) is 15.5. The monoisotopic (exact) mass is 397 g/mol. The minimum absolute atomic E-state index is 0.169. The van der Waals surface area contributed by atoms with Gasteiger partial charge in [-0.1, -0.05) is 12.1 Å².